The molecule has 1 aliphatic heterocycles. The molecule has 5 nitrogen and oxygen atoms in total. The maximum absolute atomic E-state index is 12.6. The number of hydrogen-bond acceptors (Lipinski definition) is 4. The Balaban J connectivity index is 2.06. The smallest absolute Gasteiger partial charge is 0.242 e. The van der Waals surface area contributed by atoms with Crippen molar-refractivity contribution in [1.29, 1.82) is 0 Å². The number of piperidine rings is 1. The first-order chi connectivity index (χ1) is 10.3. The van der Waals surface area contributed by atoms with Gasteiger partial charge in [0.2, 0.25) is 10.0 Å². The average molecular weight is 324 g/mol. The summed E-state index contributed by atoms with van der Waals surface area (Å²) < 4.78 is 26.6. The van der Waals surface area contributed by atoms with Crippen LogP contribution in [-0.4, -0.2) is 57.1 Å². The number of likely N-dealkylation sites (tertiary alicyclic amines) is 1. The highest BCUT2D eigenvalue weighted by atomic mass is 32.2. The predicted molar refractivity (Wildman–Crippen MR) is 86.5 cm³/mol. The molecule has 1 aromatic rings. The Bertz CT molecular complexity index is 617. The topological polar surface area (TPSA) is 57.7 Å². The lowest BCUT2D eigenvalue weighted by Gasteiger charge is -2.31. The summed E-state index contributed by atoms with van der Waals surface area (Å²) >= 11 is 0. The van der Waals surface area contributed by atoms with Gasteiger partial charge in [-0.15, -0.1) is 0 Å². The summed E-state index contributed by atoms with van der Waals surface area (Å²) in [6, 6.07) is 6.16. The third-order valence-electron chi connectivity index (χ3n) is 4.32. The minimum Gasteiger partial charge on any atom is -0.306 e. The van der Waals surface area contributed by atoms with Gasteiger partial charge in [-0.25, -0.2) is 12.7 Å². The van der Waals surface area contributed by atoms with Gasteiger partial charge < -0.3 is 4.90 Å². The molecule has 0 amide bonds. The Morgan fingerprint density at radius 1 is 1.23 bits per heavy atom. The molecule has 0 bridgehead atoms. The fraction of sp³-hybridized carbons (Fsp3) is 0.562. The molecule has 1 heterocycles. The second-order valence-corrected chi connectivity index (χ2v) is 8.16. The van der Waals surface area contributed by atoms with Gasteiger partial charge in [-0.1, -0.05) is 12.1 Å². The molecular formula is C16H24N2O3S. The Hall–Kier alpha value is -1.24. The number of Topliss-reactive ketones (excluding diaryl/α,β-unsaturated/α-hetero) is 1. The number of carbonyl (C=O) groups excluding carboxylic acids is 1. The number of hydrogen-bond donors (Lipinski definition) is 0. The standard InChI is InChI=1S/C16H24N2O3S/c1-13(19)15-4-6-16(7-5-15)22(20,21)18(3)12-14-8-10-17(2)11-9-14/h4-7,14H,8-12H2,1-3H3. The third-order valence-corrected chi connectivity index (χ3v) is 6.16. The molecule has 1 fully saturated rings. The van der Waals surface area contributed by atoms with Crippen LogP contribution in [0.4, 0.5) is 0 Å². The number of ketones is 1. The van der Waals surface area contributed by atoms with E-state index in [1.807, 2.05) is 0 Å². The molecule has 0 saturated carbocycles. The van der Waals surface area contributed by atoms with E-state index in [0.717, 1.165) is 25.9 Å². The van der Waals surface area contributed by atoms with Crippen LogP contribution in [-0.2, 0) is 10.0 Å². The van der Waals surface area contributed by atoms with Crippen LogP contribution in [0.15, 0.2) is 29.2 Å². The lowest BCUT2D eigenvalue weighted by molar-refractivity contribution is 0.101. The molecule has 0 unspecified atom stereocenters. The molecule has 0 radical (unpaired) electrons. The molecule has 0 spiro atoms. The van der Waals surface area contributed by atoms with Gasteiger partial charge >= 0.3 is 0 Å². The Morgan fingerprint density at radius 3 is 2.27 bits per heavy atom. The predicted octanol–water partition coefficient (Wildman–Crippen LogP) is 1.85. The van der Waals surface area contributed by atoms with E-state index in [9.17, 15) is 13.2 Å². The summed E-state index contributed by atoms with van der Waals surface area (Å²) in [5, 5.41) is 0. The molecule has 1 aromatic carbocycles. The van der Waals surface area contributed by atoms with E-state index in [1.54, 1.807) is 19.2 Å². The fourth-order valence-electron chi connectivity index (χ4n) is 2.75. The van der Waals surface area contributed by atoms with Gasteiger partial charge in [0.15, 0.2) is 5.78 Å². The quantitative estimate of drug-likeness (QED) is 0.776. The molecule has 1 saturated heterocycles. The van der Waals surface area contributed by atoms with Gasteiger partial charge in [-0.2, -0.15) is 0 Å². The summed E-state index contributed by atoms with van der Waals surface area (Å²) in [4.78, 5) is 13.8. The van der Waals surface area contributed by atoms with Gasteiger partial charge in [-0.05, 0) is 58.0 Å². The summed E-state index contributed by atoms with van der Waals surface area (Å²) in [6.45, 7) is 4.05. The highest BCUT2D eigenvalue weighted by Gasteiger charge is 2.25. The first-order valence-electron chi connectivity index (χ1n) is 7.56. The van der Waals surface area contributed by atoms with Crippen LogP contribution < -0.4 is 0 Å². The molecule has 0 N–H and O–H groups in total. The monoisotopic (exact) mass is 324 g/mol. The van der Waals surface area contributed by atoms with Gasteiger partial charge in [0.05, 0.1) is 4.90 Å². The molecule has 0 atom stereocenters. The van der Waals surface area contributed by atoms with Gasteiger partial charge in [0.25, 0.3) is 0 Å². The largest absolute Gasteiger partial charge is 0.306 e. The first kappa shape index (κ1) is 17.1. The molecule has 122 valence electrons. The normalized spacial score (nSPS) is 17.8. The van der Waals surface area contributed by atoms with Crippen LogP contribution in [0.2, 0.25) is 0 Å². The number of nitrogens with zero attached hydrogens (tertiary/aromatic N) is 2. The van der Waals surface area contributed by atoms with E-state index in [1.165, 1.54) is 23.4 Å². The molecule has 0 aliphatic carbocycles. The SMILES string of the molecule is CC(=O)c1ccc(S(=O)(=O)N(C)CC2CCN(C)CC2)cc1. The Labute approximate surface area is 133 Å². The second kappa shape index (κ2) is 6.89. The van der Waals surface area contributed by atoms with Crippen LogP contribution in [0.5, 0.6) is 0 Å². The van der Waals surface area contributed by atoms with E-state index in [4.69, 9.17) is 0 Å². The summed E-state index contributed by atoms with van der Waals surface area (Å²) in [7, 11) is 0.236. The van der Waals surface area contributed by atoms with Crippen LogP contribution in [0.3, 0.4) is 0 Å². The minimum absolute atomic E-state index is 0.0661. The molecule has 0 aromatic heterocycles. The number of rotatable bonds is 5. The second-order valence-electron chi connectivity index (χ2n) is 6.11. The van der Waals surface area contributed by atoms with Crippen molar-refractivity contribution < 1.29 is 13.2 Å². The van der Waals surface area contributed by atoms with Crippen LogP contribution in [0.25, 0.3) is 0 Å². The zero-order valence-electron chi connectivity index (χ0n) is 13.4. The summed E-state index contributed by atoms with van der Waals surface area (Å²) in [6.07, 6.45) is 2.05. The van der Waals surface area contributed by atoms with E-state index in [2.05, 4.69) is 11.9 Å². The van der Waals surface area contributed by atoms with Crippen molar-refractivity contribution in [2.75, 3.05) is 33.7 Å². The van der Waals surface area contributed by atoms with E-state index < -0.39 is 10.0 Å². The maximum atomic E-state index is 12.6. The van der Waals surface area contributed by atoms with Crippen LogP contribution in [0, 0.1) is 5.92 Å². The molecule has 1 aliphatic rings. The van der Waals surface area contributed by atoms with E-state index >= 15 is 0 Å². The zero-order chi connectivity index (χ0) is 16.3. The van der Waals surface area contributed by atoms with Gasteiger partial charge in [0.1, 0.15) is 0 Å². The minimum atomic E-state index is -3.49. The molecular weight excluding hydrogens is 300 g/mol. The van der Waals surface area contributed by atoms with Crippen molar-refractivity contribution >= 4 is 15.8 Å². The van der Waals surface area contributed by atoms with Crippen molar-refractivity contribution in [1.82, 2.24) is 9.21 Å². The van der Waals surface area contributed by atoms with Crippen molar-refractivity contribution in [3.63, 3.8) is 0 Å². The van der Waals surface area contributed by atoms with Gasteiger partial charge in [0, 0.05) is 19.2 Å². The lowest BCUT2D eigenvalue weighted by Crippen LogP contribution is -2.37. The Kier molecular flexibility index (Phi) is 5.36. The number of benzene rings is 1. The van der Waals surface area contributed by atoms with Crippen molar-refractivity contribution in [3.05, 3.63) is 29.8 Å². The number of sulfonamides is 1. The van der Waals surface area contributed by atoms with E-state index in [-0.39, 0.29) is 10.7 Å². The molecule has 22 heavy (non-hydrogen) atoms. The van der Waals surface area contributed by atoms with Crippen molar-refractivity contribution in [2.24, 2.45) is 5.92 Å². The van der Waals surface area contributed by atoms with Gasteiger partial charge in [-0.3, -0.25) is 4.79 Å². The fourth-order valence-corrected chi connectivity index (χ4v) is 3.99. The maximum Gasteiger partial charge on any atom is 0.242 e. The van der Waals surface area contributed by atoms with Crippen LogP contribution in [0.1, 0.15) is 30.1 Å². The zero-order valence-corrected chi connectivity index (χ0v) is 14.3. The molecule has 6 heteroatoms. The van der Waals surface area contributed by atoms with Crippen molar-refractivity contribution in [3.8, 4) is 0 Å². The Morgan fingerprint density at radius 2 is 1.77 bits per heavy atom. The lowest BCUT2D eigenvalue weighted by atomic mass is 9.97. The summed E-state index contributed by atoms with van der Waals surface area (Å²) in [5.41, 5.74) is 0.525. The summed E-state index contributed by atoms with van der Waals surface area (Å²) in [5.74, 6) is 0.344. The van der Waals surface area contributed by atoms with Crippen molar-refractivity contribution in [2.45, 2.75) is 24.7 Å². The molecule has 2 rings (SSSR count). The highest BCUT2D eigenvalue weighted by molar-refractivity contribution is 7.89. The first-order valence-corrected chi connectivity index (χ1v) is 9.00. The van der Waals surface area contributed by atoms with Crippen LogP contribution >= 0.6 is 0 Å². The average Bonchev–Trinajstić information content (AvgIpc) is 2.49. The number of carbonyl (C=O) groups is 1. The van der Waals surface area contributed by atoms with E-state index in [0.29, 0.717) is 18.0 Å². The highest BCUT2D eigenvalue weighted by Crippen LogP contribution is 2.21. The third kappa shape index (κ3) is 3.94.